The summed E-state index contributed by atoms with van der Waals surface area (Å²) in [5.74, 6) is -0.840. The maximum absolute atomic E-state index is 12.9. The number of allylic oxidation sites excluding steroid dienone is 22. The van der Waals surface area contributed by atoms with Gasteiger partial charge in [-0.2, -0.15) is 0 Å². The molecule has 0 radical (unpaired) electrons. The number of rotatable bonds is 61. The predicted octanol–water partition coefficient (Wildman–Crippen LogP) is 21.4. The lowest BCUT2D eigenvalue weighted by atomic mass is 10.0. The highest BCUT2D eigenvalue weighted by Gasteiger charge is 2.22. The number of hydrogen-bond acceptors (Lipinski definition) is 8. The Bertz CT molecular complexity index is 1880. The van der Waals surface area contributed by atoms with Gasteiger partial charge in [-0.05, 0) is 109 Å². The first-order chi connectivity index (χ1) is 41.0. The number of quaternary nitrogens is 1. The number of likely N-dealkylation sites (N-methyl/N-ethyl adjacent to an activating group) is 1. The third-order valence-corrected chi connectivity index (χ3v) is 15.1. The van der Waals surface area contributed by atoms with Crippen molar-refractivity contribution in [1.29, 1.82) is 0 Å². The molecule has 0 aromatic rings. The van der Waals surface area contributed by atoms with Gasteiger partial charge >= 0.3 is 11.9 Å². The molecule has 0 saturated carbocycles. The minimum atomic E-state index is -4.65. The van der Waals surface area contributed by atoms with Crippen LogP contribution in [0.5, 0.6) is 0 Å². The molecule has 0 aromatic carbocycles. The standard InChI is InChI=1S/C74H126NO8P/c1-6-8-10-12-14-16-18-20-22-24-26-28-30-32-34-36-37-39-40-42-44-46-48-50-52-54-56-58-60-62-64-66-73(76)80-70-72(71-82-84(78,79)81-69-68-75(3,4)5)83-74(77)67-65-63-61-59-57-55-53-51-49-47-45-43-41-38-35-33-31-29-27-25-23-21-19-17-15-13-11-9-7-2/h8-11,14-17,20-23,26-29,32-35,41,43,72H,6-7,12-13,18-19,24-25,30-31,36-40,42,44-71H2,1-5H3/b10-8-,11-9-,16-14-,17-15-,22-20-,23-21-,28-26-,29-27-,34-32-,35-33-,43-41-. The lowest BCUT2D eigenvalue weighted by molar-refractivity contribution is -0.870. The summed E-state index contributed by atoms with van der Waals surface area (Å²) in [7, 11) is 1.15. The van der Waals surface area contributed by atoms with Crippen LogP contribution in [-0.2, 0) is 32.7 Å². The van der Waals surface area contributed by atoms with E-state index in [0.717, 1.165) is 116 Å². The molecule has 0 N–H and O–H groups in total. The average molecular weight is 1190 g/mol. The van der Waals surface area contributed by atoms with Crippen LogP contribution in [0.2, 0.25) is 0 Å². The number of unbranched alkanes of at least 4 members (excludes halogenated alkanes) is 25. The van der Waals surface area contributed by atoms with Crippen LogP contribution in [0.1, 0.15) is 271 Å². The molecule has 84 heavy (non-hydrogen) atoms. The number of carbonyl (C=O) groups is 2. The molecule has 0 saturated heterocycles. The van der Waals surface area contributed by atoms with E-state index in [9.17, 15) is 19.0 Å². The number of nitrogens with zero attached hydrogens (tertiary/aromatic N) is 1. The smallest absolute Gasteiger partial charge is 0.306 e. The number of phosphoric acid groups is 1. The molecule has 0 heterocycles. The highest BCUT2D eigenvalue weighted by molar-refractivity contribution is 7.45. The first-order valence-corrected chi connectivity index (χ1v) is 35.4. The molecule has 0 fully saturated rings. The molecule has 0 aromatic heterocycles. The Labute approximate surface area is 517 Å². The Morgan fingerprint density at radius 1 is 0.369 bits per heavy atom. The Balaban J connectivity index is 4.10. The number of carbonyl (C=O) groups excluding carboxylic acids is 2. The van der Waals surface area contributed by atoms with Crippen molar-refractivity contribution >= 4 is 19.8 Å². The van der Waals surface area contributed by atoms with E-state index >= 15 is 0 Å². The summed E-state index contributed by atoms with van der Waals surface area (Å²) in [6.07, 6.45) is 92.3. The second-order valence-electron chi connectivity index (χ2n) is 23.4. The fourth-order valence-corrected chi connectivity index (χ4v) is 9.77. The highest BCUT2D eigenvalue weighted by Crippen LogP contribution is 2.38. The van der Waals surface area contributed by atoms with Crippen LogP contribution in [0, 0.1) is 0 Å². The molecule has 9 nitrogen and oxygen atoms in total. The highest BCUT2D eigenvalue weighted by atomic mass is 31.2. The van der Waals surface area contributed by atoms with Gasteiger partial charge in [-0.15, -0.1) is 0 Å². The van der Waals surface area contributed by atoms with Gasteiger partial charge in [-0.3, -0.25) is 14.2 Å². The van der Waals surface area contributed by atoms with Crippen molar-refractivity contribution in [2.45, 2.75) is 277 Å². The van der Waals surface area contributed by atoms with Gasteiger partial charge in [-0.1, -0.05) is 282 Å². The maximum Gasteiger partial charge on any atom is 0.306 e. The van der Waals surface area contributed by atoms with Crippen LogP contribution >= 0.6 is 7.82 Å². The third-order valence-electron chi connectivity index (χ3n) is 14.2. The lowest BCUT2D eigenvalue weighted by Gasteiger charge is -2.28. The normalized spacial score (nSPS) is 14.0. The second kappa shape index (κ2) is 63.6. The zero-order valence-electron chi connectivity index (χ0n) is 54.6. The van der Waals surface area contributed by atoms with Gasteiger partial charge < -0.3 is 27.9 Å². The molecule has 0 amide bonds. The molecule has 2 unspecified atom stereocenters. The fraction of sp³-hybridized carbons (Fsp3) is 0.676. The topological polar surface area (TPSA) is 111 Å². The van der Waals surface area contributed by atoms with Gasteiger partial charge in [0.2, 0.25) is 0 Å². The minimum Gasteiger partial charge on any atom is -0.756 e. The van der Waals surface area contributed by atoms with Gasteiger partial charge in [-0.25, -0.2) is 0 Å². The molecular formula is C74H126NO8P. The molecule has 0 rings (SSSR count). The van der Waals surface area contributed by atoms with Crippen molar-refractivity contribution in [3.8, 4) is 0 Å². The number of esters is 2. The van der Waals surface area contributed by atoms with Crippen molar-refractivity contribution in [1.82, 2.24) is 0 Å². The minimum absolute atomic E-state index is 0.0373. The summed E-state index contributed by atoms with van der Waals surface area (Å²) >= 11 is 0. The SMILES string of the molecule is CC/C=C\C/C=C\C/C=C\C/C=C\C/C=C\C/C=C\CCCCCCCCCCCCC(=O)OC(COC(=O)CCCCCCCCCCCCCCCCC/C=C\C/C=C\C/C=C\C/C=C\C/C=C\CC)COP(=O)([O-])OCC[N+](C)(C)C. The Morgan fingerprint density at radius 2 is 0.643 bits per heavy atom. The quantitative estimate of drug-likeness (QED) is 0.0195. The second-order valence-corrected chi connectivity index (χ2v) is 24.8. The summed E-state index contributed by atoms with van der Waals surface area (Å²) < 4.78 is 34.3. The van der Waals surface area contributed by atoms with Crippen molar-refractivity contribution in [3.05, 3.63) is 134 Å². The molecule has 0 aliphatic carbocycles. The van der Waals surface area contributed by atoms with Crippen LogP contribution in [0.4, 0.5) is 0 Å². The lowest BCUT2D eigenvalue weighted by Crippen LogP contribution is -2.37. The fourth-order valence-electron chi connectivity index (χ4n) is 9.04. The summed E-state index contributed by atoms with van der Waals surface area (Å²) in [6, 6.07) is 0. The van der Waals surface area contributed by atoms with Gasteiger partial charge in [0.05, 0.1) is 27.7 Å². The summed E-state index contributed by atoms with van der Waals surface area (Å²) in [4.78, 5) is 38.1. The van der Waals surface area contributed by atoms with Crippen molar-refractivity contribution in [2.24, 2.45) is 0 Å². The monoisotopic (exact) mass is 1190 g/mol. The molecule has 0 aliphatic heterocycles. The van der Waals surface area contributed by atoms with E-state index in [1.165, 1.54) is 122 Å². The van der Waals surface area contributed by atoms with E-state index in [1.807, 2.05) is 21.1 Å². The summed E-state index contributed by atoms with van der Waals surface area (Å²) in [6.45, 7) is 4.02. The Morgan fingerprint density at radius 3 is 0.952 bits per heavy atom. The molecule has 0 aliphatic rings. The molecular weight excluding hydrogens is 1060 g/mol. The summed E-state index contributed by atoms with van der Waals surface area (Å²) in [5, 5.41) is 0. The van der Waals surface area contributed by atoms with Gasteiger partial charge in [0.15, 0.2) is 6.10 Å². The van der Waals surface area contributed by atoms with Crippen LogP contribution in [0.25, 0.3) is 0 Å². The van der Waals surface area contributed by atoms with E-state index in [-0.39, 0.29) is 32.0 Å². The van der Waals surface area contributed by atoms with E-state index in [2.05, 4.69) is 148 Å². The van der Waals surface area contributed by atoms with Crippen LogP contribution < -0.4 is 4.89 Å². The van der Waals surface area contributed by atoms with Crippen LogP contribution in [-0.4, -0.2) is 70.0 Å². The largest absolute Gasteiger partial charge is 0.756 e. The first kappa shape index (κ1) is 80.2. The predicted molar refractivity (Wildman–Crippen MR) is 360 cm³/mol. The van der Waals surface area contributed by atoms with E-state index in [0.29, 0.717) is 17.4 Å². The van der Waals surface area contributed by atoms with Crippen molar-refractivity contribution in [2.75, 3.05) is 47.5 Å². The van der Waals surface area contributed by atoms with Gasteiger partial charge in [0.25, 0.3) is 7.82 Å². The summed E-state index contributed by atoms with van der Waals surface area (Å²) in [5.41, 5.74) is 0. The zero-order valence-corrected chi connectivity index (χ0v) is 55.4. The van der Waals surface area contributed by atoms with Crippen molar-refractivity contribution < 1.29 is 42.1 Å². The first-order valence-electron chi connectivity index (χ1n) is 33.9. The maximum atomic E-state index is 12.9. The average Bonchev–Trinajstić information content (AvgIpc) is 3.61. The van der Waals surface area contributed by atoms with Crippen LogP contribution in [0.15, 0.2) is 134 Å². The third kappa shape index (κ3) is 67.3. The molecule has 0 bridgehead atoms. The molecule has 10 heteroatoms. The van der Waals surface area contributed by atoms with Crippen LogP contribution in [0.3, 0.4) is 0 Å². The van der Waals surface area contributed by atoms with Crippen molar-refractivity contribution in [3.63, 3.8) is 0 Å². The Kier molecular flexibility index (Phi) is 60.7. The van der Waals surface area contributed by atoms with E-state index in [4.69, 9.17) is 18.5 Å². The molecule has 480 valence electrons. The zero-order chi connectivity index (χ0) is 61.2. The Hall–Kier alpha value is -3.85. The molecule has 2 atom stereocenters. The molecule has 0 spiro atoms. The number of hydrogen-bond donors (Lipinski definition) is 0. The van der Waals surface area contributed by atoms with Gasteiger partial charge in [0, 0.05) is 12.8 Å². The number of phosphoric ester groups is 1. The number of ether oxygens (including phenoxy) is 2. The van der Waals surface area contributed by atoms with Gasteiger partial charge in [0.1, 0.15) is 19.8 Å². The van der Waals surface area contributed by atoms with E-state index in [1.54, 1.807) is 0 Å². The van der Waals surface area contributed by atoms with E-state index < -0.39 is 26.5 Å².